The van der Waals surface area contributed by atoms with Gasteiger partial charge in [-0.25, -0.2) is 9.97 Å². The highest BCUT2D eigenvalue weighted by Crippen LogP contribution is 2.15. The van der Waals surface area contributed by atoms with Crippen LogP contribution in [0.1, 0.15) is 26.7 Å². The lowest BCUT2D eigenvalue weighted by atomic mass is 10.1. The van der Waals surface area contributed by atoms with Crippen LogP contribution in [-0.2, 0) is 0 Å². The summed E-state index contributed by atoms with van der Waals surface area (Å²) >= 11 is 0. The summed E-state index contributed by atoms with van der Waals surface area (Å²) in [4.78, 5) is 13.2. The SMILES string of the molecule is CCN(CC)CCN1CCC(Oc2ncccn2)CC1. The fraction of sp³-hybridized carbons (Fsp3) is 0.733. The molecule has 0 aromatic carbocycles. The Morgan fingerprint density at radius 1 is 1.20 bits per heavy atom. The number of hydrogen-bond donors (Lipinski definition) is 0. The summed E-state index contributed by atoms with van der Waals surface area (Å²) < 4.78 is 5.81. The van der Waals surface area contributed by atoms with Crippen molar-refractivity contribution in [3.63, 3.8) is 0 Å². The molecule has 1 saturated heterocycles. The third-order valence-electron chi connectivity index (χ3n) is 3.98. The molecule has 0 saturated carbocycles. The monoisotopic (exact) mass is 278 g/mol. The lowest BCUT2D eigenvalue weighted by Crippen LogP contribution is -2.42. The zero-order valence-corrected chi connectivity index (χ0v) is 12.7. The molecule has 20 heavy (non-hydrogen) atoms. The first-order valence-corrected chi connectivity index (χ1v) is 7.70. The summed E-state index contributed by atoms with van der Waals surface area (Å²) in [6, 6.07) is 2.32. The average Bonchev–Trinajstić information content (AvgIpc) is 2.51. The molecular weight excluding hydrogens is 252 g/mol. The van der Waals surface area contributed by atoms with E-state index in [1.165, 1.54) is 6.54 Å². The molecule has 1 aliphatic heterocycles. The van der Waals surface area contributed by atoms with Crippen LogP contribution >= 0.6 is 0 Å². The summed E-state index contributed by atoms with van der Waals surface area (Å²) in [5.74, 6) is 0. The Labute approximate surface area is 122 Å². The second kappa shape index (κ2) is 8.17. The van der Waals surface area contributed by atoms with Crippen LogP contribution in [0, 0.1) is 0 Å². The Kier molecular flexibility index (Phi) is 6.21. The second-order valence-electron chi connectivity index (χ2n) is 5.22. The number of rotatable bonds is 7. The Morgan fingerprint density at radius 2 is 1.85 bits per heavy atom. The smallest absolute Gasteiger partial charge is 0.316 e. The summed E-state index contributed by atoms with van der Waals surface area (Å²) in [7, 11) is 0. The van der Waals surface area contributed by atoms with E-state index in [0.717, 1.165) is 45.6 Å². The molecule has 2 rings (SSSR count). The topological polar surface area (TPSA) is 41.5 Å². The molecule has 0 bridgehead atoms. The van der Waals surface area contributed by atoms with Crippen molar-refractivity contribution in [2.75, 3.05) is 39.3 Å². The van der Waals surface area contributed by atoms with Gasteiger partial charge in [0.15, 0.2) is 0 Å². The van der Waals surface area contributed by atoms with Crippen LogP contribution < -0.4 is 4.74 Å². The van der Waals surface area contributed by atoms with E-state index in [9.17, 15) is 0 Å². The first-order valence-electron chi connectivity index (χ1n) is 7.70. The van der Waals surface area contributed by atoms with Gasteiger partial charge in [0.25, 0.3) is 0 Å². The van der Waals surface area contributed by atoms with Crippen molar-refractivity contribution < 1.29 is 4.74 Å². The normalized spacial score (nSPS) is 17.6. The van der Waals surface area contributed by atoms with E-state index < -0.39 is 0 Å². The third kappa shape index (κ3) is 4.72. The minimum atomic E-state index is 0.266. The van der Waals surface area contributed by atoms with Gasteiger partial charge in [0, 0.05) is 38.6 Å². The average molecular weight is 278 g/mol. The Balaban J connectivity index is 1.67. The standard InChI is InChI=1S/C15H26N4O/c1-3-18(4-2)12-13-19-10-6-14(7-11-19)20-15-16-8-5-9-17-15/h5,8-9,14H,3-4,6-7,10-13H2,1-2H3. The van der Waals surface area contributed by atoms with Crippen molar-refractivity contribution >= 4 is 0 Å². The van der Waals surface area contributed by atoms with Gasteiger partial charge in [-0.2, -0.15) is 0 Å². The highest BCUT2D eigenvalue weighted by Gasteiger charge is 2.21. The lowest BCUT2D eigenvalue weighted by Gasteiger charge is -2.32. The fourth-order valence-corrected chi connectivity index (χ4v) is 2.57. The third-order valence-corrected chi connectivity index (χ3v) is 3.98. The van der Waals surface area contributed by atoms with Crippen molar-refractivity contribution in [3.05, 3.63) is 18.5 Å². The van der Waals surface area contributed by atoms with Crippen LogP contribution in [0.3, 0.4) is 0 Å². The van der Waals surface area contributed by atoms with E-state index >= 15 is 0 Å². The molecule has 1 aromatic heterocycles. The maximum Gasteiger partial charge on any atom is 0.316 e. The minimum absolute atomic E-state index is 0.266. The van der Waals surface area contributed by atoms with Gasteiger partial charge in [-0.3, -0.25) is 0 Å². The molecule has 2 heterocycles. The van der Waals surface area contributed by atoms with Gasteiger partial charge < -0.3 is 14.5 Å². The second-order valence-corrected chi connectivity index (χ2v) is 5.22. The largest absolute Gasteiger partial charge is 0.460 e. The highest BCUT2D eigenvalue weighted by atomic mass is 16.5. The van der Waals surface area contributed by atoms with Crippen LogP contribution in [0.4, 0.5) is 0 Å². The molecule has 0 radical (unpaired) electrons. The molecule has 0 unspecified atom stereocenters. The minimum Gasteiger partial charge on any atom is -0.460 e. The predicted octanol–water partition coefficient (Wildman–Crippen LogP) is 1.66. The van der Waals surface area contributed by atoms with Crippen LogP contribution in [0.15, 0.2) is 18.5 Å². The van der Waals surface area contributed by atoms with Crippen LogP contribution in [-0.4, -0.2) is 65.1 Å². The maximum absolute atomic E-state index is 5.81. The quantitative estimate of drug-likeness (QED) is 0.759. The van der Waals surface area contributed by atoms with E-state index in [1.54, 1.807) is 12.4 Å². The molecule has 1 aliphatic rings. The molecule has 0 spiro atoms. The van der Waals surface area contributed by atoms with Gasteiger partial charge in [-0.1, -0.05) is 13.8 Å². The van der Waals surface area contributed by atoms with Crippen molar-refractivity contribution in [1.29, 1.82) is 0 Å². The van der Waals surface area contributed by atoms with Crippen molar-refractivity contribution in [2.45, 2.75) is 32.8 Å². The van der Waals surface area contributed by atoms with Crippen molar-refractivity contribution in [1.82, 2.24) is 19.8 Å². The molecule has 112 valence electrons. The van der Waals surface area contributed by atoms with Crippen molar-refractivity contribution in [3.8, 4) is 6.01 Å². The van der Waals surface area contributed by atoms with Gasteiger partial charge in [0.1, 0.15) is 6.10 Å². The zero-order chi connectivity index (χ0) is 14.2. The Morgan fingerprint density at radius 3 is 2.45 bits per heavy atom. The number of likely N-dealkylation sites (tertiary alicyclic amines) is 1. The molecule has 5 heteroatoms. The number of likely N-dealkylation sites (N-methyl/N-ethyl adjacent to an activating group) is 1. The molecule has 5 nitrogen and oxygen atoms in total. The van der Waals surface area contributed by atoms with Gasteiger partial charge in [-0.05, 0) is 32.0 Å². The summed E-state index contributed by atoms with van der Waals surface area (Å²) in [6.07, 6.45) is 5.85. The van der Waals surface area contributed by atoms with Gasteiger partial charge in [0.2, 0.25) is 0 Å². The molecule has 1 aromatic rings. The molecule has 0 N–H and O–H groups in total. The number of hydrogen-bond acceptors (Lipinski definition) is 5. The predicted molar refractivity (Wildman–Crippen MR) is 79.9 cm³/mol. The molecular formula is C15H26N4O. The van der Waals surface area contributed by atoms with E-state index in [-0.39, 0.29) is 6.10 Å². The number of piperidine rings is 1. The number of ether oxygens (including phenoxy) is 1. The molecule has 0 amide bonds. The summed E-state index contributed by atoms with van der Waals surface area (Å²) in [5.41, 5.74) is 0. The molecule has 0 aliphatic carbocycles. The first-order chi connectivity index (χ1) is 9.81. The summed E-state index contributed by atoms with van der Waals surface area (Å²) in [6.45, 7) is 11.3. The Hall–Kier alpha value is -1.20. The molecule has 0 atom stereocenters. The van der Waals surface area contributed by atoms with Crippen LogP contribution in [0.5, 0.6) is 6.01 Å². The van der Waals surface area contributed by atoms with Gasteiger partial charge in [-0.15, -0.1) is 0 Å². The van der Waals surface area contributed by atoms with Crippen LogP contribution in [0.25, 0.3) is 0 Å². The van der Waals surface area contributed by atoms with E-state index in [4.69, 9.17) is 4.74 Å². The Bertz CT molecular complexity index is 361. The summed E-state index contributed by atoms with van der Waals surface area (Å²) in [5, 5.41) is 0. The fourth-order valence-electron chi connectivity index (χ4n) is 2.57. The number of nitrogens with zero attached hydrogens (tertiary/aromatic N) is 4. The first kappa shape index (κ1) is 15.2. The van der Waals surface area contributed by atoms with E-state index in [2.05, 4.69) is 33.6 Å². The van der Waals surface area contributed by atoms with Gasteiger partial charge >= 0.3 is 6.01 Å². The number of aromatic nitrogens is 2. The van der Waals surface area contributed by atoms with Crippen molar-refractivity contribution in [2.24, 2.45) is 0 Å². The van der Waals surface area contributed by atoms with Gasteiger partial charge in [0.05, 0.1) is 0 Å². The molecule has 1 fully saturated rings. The zero-order valence-electron chi connectivity index (χ0n) is 12.7. The maximum atomic E-state index is 5.81. The van der Waals surface area contributed by atoms with E-state index in [0.29, 0.717) is 6.01 Å². The lowest BCUT2D eigenvalue weighted by molar-refractivity contribution is 0.0868. The highest BCUT2D eigenvalue weighted by molar-refractivity contribution is 4.94. The van der Waals surface area contributed by atoms with E-state index in [1.807, 2.05) is 6.07 Å². The van der Waals surface area contributed by atoms with Crippen LogP contribution in [0.2, 0.25) is 0 Å².